The number of imidazole rings is 1. The molecular weight excluding hydrogens is 292 g/mol. The van der Waals surface area contributed by atoms with Gasteiger partial charge in [0.1, 0.15) is 5.60 Å². The van der Waals surface area contributed by atoms with Crippen molar-refractivity contribution < 1.29 is 9.53 Å². The van der Waals surface area contributed by atoms with Crippen LogP contribution in [0, 0.1) is 5.92 Å². The number of nitrogens with one attached hydrogen (secondary N) is 2. The third kappa shape index (κ3) is 3.94. The first-order chi connectivity index (χ1) is 10.9. The molecular formula is C17H24N4O2. The molecule has 1 amide bonds. The Kier molecular flexibility index (Phi) is 4.15. The first kappa shape index (κ1) is 15.6. The number of amides is 1. The molecule has 6 heteroatoms. The van der Waals surface area contributed by atoms with Gasteiger partial charge in [-0.25, -0.2) is 9.78 Å². The van der Waals surface area contributed by atoms with Gasteiger partial charge in [0.25, 0.3) is 0 Å². The van der Waals surface area contributed by atoms with E-state index >= 15 is 0 Å². The lowest BCUT2D eigenvalue weighted by atomic mass is 10.1. The Bertz CT molecular complexity index is 656. The largest absolute Gasteiger partial charge is 0.444 e. The third-order valence-corrected chi connectivity index (χ3v) is 3.89. The molecule has 124 valence electrons. The summed E-state index contributed by atoms with van der Waals surface area (Å²) in [5, 5.41) is 3.34. The second kappa shape index (κ2) is 6.10. The van der Waals surface area contributed by atoms with Crippen molar-refractivity contribution in [2.75, 3.05) is 25.0 Å². The van der Waals surface area contributed by atoms with Gasteiger partial charge >= 0.3 is 6.09 Å². The summed E-state index contributed by atoms with van der Waals surface area (Å²) in [6.45, 7) is 7.94. The van der Waals surface area contributed by atoms with Crippen LogP contribution in [0.1, 0.15) is 27.2 Å². The average molecular weight is 316 g/mol. The first-order valence-corrected chi connectivity index (χ1v) is 8.07. The van der Waals surface area contributed by atoms with Crippen molar-refractivity contribution in [2.24, 2.45) is 5.92 Å². The second-order valence-electron chi connectivity index (χ2n) is 7.06. The second-order valence-corrected chi connectivity index (χ2v) is 7.06. The molecule has 0 saturated carbocycles. The van der Waals surface area contributed by atoms with Crippen molar-refractivity contribution in [1.82, 2.24) is 14.9 Å². The molecule has 0 radical (unpaired) electrons. The molecule has 23 heavy (non-hydrogen) atoms. The number of nitrogens with zero attached hydrogens (tertiary/aromatic N) is 2. The highest BCUT2D eigenvalue weighted by Gasteiger charge is 2.29. The standard InChI is InChI=1S/C17H24N4O2/c1-17(2,3)23-16(22)21-9-8-12(11-21)10-18-15-19-13-6-4-5-7-14(13)20-15/h4-7,12H,8-11H2,1-3H3,(H2,18,19,20)/t12-/m0/s1. The van der Waals surface area contributed by atoms with Crippen LogP contribution in [0.4, 0.5) is 10.7 Å². The van der Waals surface area contributed by atoms with Crippen LogP contribution in [0.5, 0.6) is 0 Å². The molecule has 2 heterocycles. The van der Waals surface area contributed by atoms with E-state index in [1.54, 1.807) is 4.90 Å². The van der Waals surface area contributed by atoms with Crippen LogP contribution < -0.4 is 5.32 Å². The van der Waals surface area contributed by atoms with Crippen molar-refractivity contribution in [3.63, 3.8) is 0 Å². The summed E-state index contributed by atoms with van der Waals surface area (Å²) in [7, 11) is 0. The maximum Gasteiger partial charge on any atom is 0.410 e. The molecule has 0 aliphatic carbocycles. The van der Waals surface area contributed by atoms with Gasteiger partial charge in [0.2, 0.25) is 5.95 Å². The minimum Gasteiger partial charge on any atom is -0.444 e. The average Bonchev–Trinajstić information content (AvgIpc) is 3.09. The Labute approximate surface area is 136 Å². The topological polar surface area (TPSA) is 70.2 Å². The quantitative estimate of drug-likeness (QED) is 0.912. The number of hydrogen-bond acceptors (Lipinski definition) is 4. The lowest BCUT2D eigenvalue weighted by molar-refractivity contribution is 0.0289. The van der Waals surface area contributed by atoms with Gasteiger partial charge in [0.05, 0.1) is 11.0 Å². The molecule has 1 aromatic heterocycles. The zero-order valence-electron chi connectivity index (χ0n) is 13.9. The van der Waals surface area contributed by atoms with Crippen molar-refractivity contribution in [3.8, 4) is 0 Å². The van der Waals surface area contributed by atoms with Crippen LogP contribution in [0.2, 0.25) is 0 Å². The lowest BCUT2D eigenvalue weighted by Crippen LogP contribution is -2.35. The molecule has 1 aliphatic heterocycles. The summed E-state index contributed by atoms with van der Waals surface area (Å²) in [5.74, 6) is 1.19. The molecule has 1 aliphatic rings. The Hall–Kier alpha value is -2.24. The van der Waals surface area contributed by atoms with E-state index in [0.29, 0.717) is 5.92 Å². The summed E-state index contributed by atoms with van der Waals surface area (Å²) in [5.41, 5.74) is 1.54. The first-order valence-electron chi connectivity index (χ1n) is 8.07. The third-order valence-electron chi connectivity index (χ3n) is 3.89. The number of carbonyl (C=O) groups excluding carboxylic acids is 1. The Morgan fingerprint density at radius 2 is 2.22 bits per heavy atom. The maximum atomic E-state index is 12.1. The van der Waals surface area contributed by atoms with Gasteiger partial charge in [0, 0.05) is 19.6 Å². The number of para-hydroxylation sites is 2. The highest BCUT2D eigenvalue weighted by Crippen LogP contribution is 2.20. The summed E-state index contributed by atoms with van der Waals surface area (Å²) in [6, 6.07) is 7.95. The SMILES string of the molecule is CC(C)(C)OC(=O)N1CC[C@@H](CNc2nc3ccccc3[nH]2)C1. The minimum atomic E-state index is -0.443. The minimum absolute atomic E-state index is 0.219. The molecule has 1 aromatic carbocycles. The molecule has 0 spiro atoms. The predicted octanol–water partition coefficient (Wildman–Crippen LogP) is 3.23. The fraction of sp³-hybridized carbons (Fsp3) is 0.529. The number of hydrogen-bond donors (Lipinski definition) is 2. The molecule has 3 rings (SSSR count). The molecule has 1 atom stereocenters. The Morgan fingerprint density at radius 1 is 1.43 bits per heavy atom. The predicted molar refractivity (Wildman–Crippen MR) is 90.5 cm³/mol. The van der Waals surface area contributed by atoms with Crippen molar-refractivity contribution >= 4 is 23.1 Å². The Morgan fingerprint density at radius 3 is 2.96 bits per heavy atom. The number of aromatic nitrogens is 2. The van der Waals surface area contributed by atoms with Gasteiger partial charge in [-0.2, -0.15) is 0 Å². The zero-order chi connectivity index (χ0) is 16.4. The van der Waals surface area contributed by atoms with E-state index in [4.69, 9.17) is 4.74 Å². The van der Waals surface area contributed by atoms with E-state index in [2.05, 4.69) is 15.3 Å². The molecule has 1 fully saturated rings. The van der Waals surface area contributed by atoms with E-state index < -0.39 is 5.60 Å². The monoisotopic (exact) mass is 316 g/mol. The highest BCUT2D eigenvalue weighted by atomic mass is 16.6. The van der Waals surface area contributed by atoms with Crippen molar-refractivity contribution in [3.05, 3.63) is 24.3 Å². The number of ether oxygens (including phenoxy) is 1. The van der Waals surface area contributed by atoms with E-state index in [-0.39, 0.29) is 6.09 Å². The number of H-pyrrole nitrogens is 1. The van der Waals surface area contributed by atoms with E-state index in [0.717, 1.165) is 43.0 Å². The van der Waals surface area contributed by atoms with Crippen molar-refractivity contribution in [2.45, 2.75) is 32.8 Å². The van der Waals surface area contributed by atoms with Crippen LogP contribution in [0.25, 0.3) is 11.0 Å². The van der Waals surface area contributed by atoms with Crippen molar-refractivity contribution in [1.29, 1.82) is 0 Å². The summed E-state index contributed by atoms with van der Waals surface area (Å²) < 4.78 is 5.42. The van der Waals surface area contributed by atoms with Crippen LogP contribution in [0.15, 0.2) is 24.3 Å². The molecule has 1 saturated heterocycles. The number of carbonyl (C=O) groups is 1. The summed E-state index contributed by atoms with van der Waals surface area (Å²) in [6.07, 6.45) is 0.760. The smallest absolute Gasteiger partial charge is 0.410 e. The van der Waals surface area contributed by atoms with Crippen LogP contribution in [0.3, 0.4) is 0 Å². The van der Waals surface area contributed by atoms with Crippen LogP contribution in [-0.2, 0) is 4.74 Å². The summed E-state index contributed by atoms with van der Waals surface area (Å²) in [4.78, 5) is 21.6. The summed E-state index contributed by atoms with van der Waals surface area (Å²) >= 11 is 0. The number of fused-ring (bicyclic) bond motifs is 1. The lowest BCUT2D eigenvalue weighted by Gasteiger charge is -2.24. The number of rotatable bonds is 3. The van der Waals surface area contributed by atoms with Crippen LogP contribution >= 0.6 is 0 Å². The van der Waals surface area contributed by atoms with E-state index in [1.165, 1.54) is 0 Å². The van der Waals surface area contributed by atoms with Crippen LogP contribution in [-0.4, -0.2) is 46.2 Å². The fourth-order valence-electron chi connectivity index (χ4n) is 2.77. The fourth-order valence-corrected chi connectivity index (χ4v) is 2.77. The number of likely N-dealkylation sites (tertiary alicyclic amines) is 1. The number of anilines is 1. The van der Waals surface area contributed by atoms with E-state index in [9.17, 15) is 4.79 Å². The molecule has 6 nitrogen and oxygen atoms in total. The molecule has 0 unspecified atom stereocenters. The Balaban J connectivity index is 1.51. The van der Waals surface area contributed by atoms with Gasteiger partial charge in [0.15, 0.2) is 0 Å². The van der Waals surface area contributed by atoms with Gasteiger partial charge in [-0.1, -0.05) is 12.1 Å². The zero-order valence-corrected chi connectivity index (χ0v) is 13.9. The maximum absolute atomic E-state index is 12.1. The van der Waals surface area contributed by atoms with Gasteiger partial charge in [-0.05, 0) is 45.2 Å². The van der Waals surface area contributed by atoms with E-state index in [1.807, 2.05) is 45.0 Å². The van der Waals surface area contributed by atoms with Gasteiger partial charge in [-0.15, -0.1) is 0 Å². The molecule has 2 N–H and O–H groups in total. The number of aromatic amines is 1. The number of benzene rings is 1. The van der Waals surface area contributed by atoms with Gasteiger partial charge in [-0.3, -0.25) is 0 Å². The highest BCUT2D eigenvalue weighted by molar-refractivity contribution is 5.77. The molecule has 2 aromatic rings. The normalized spacial score (nSPS) is 18.4. The van der Waals surface area contributed by atoms with Gasteiger partial charge < -0.3 is 19.9 Å². The molecule has 0 bridgehead atoms.